The largest absolute Gasteiger partial charge is 0.463 e. The first-order valence-electron chi connectivity index (χ1n) is 6.28. The Kier molecular flexibility index (Phi) is 7.02. The summed E-state index contributed by atoms with van der Waals surface area (Å²) in [6.45, 7) is 2.57. The highest BCUT2D eigenvalue weighted by Crippen LogP contribution is 2.01. The lowest BCUT2D eigenvalue weighted by Gasteiger charge is -2.01. The highest BCUT2D eigenvalue weighted by molar-refractivity contribution is 5.91. The van der Waals surface area contributed by atoms with Gasteiger partial charge in [-0.2, -0.15) is 0 Å². The van der Waals surface area contributed by atoms with E-state index in [-0.39, 0.29) is 6.61 Å². The quantitative estimate of drug-likeness (QED) is 0.430. The van der Waals surface area contributed by atoms with Crippen molar-refractivity contribution in [3.8, 4) is 0 Å². The molecule has 0 bridgehead atoms. The number of carbonyl (C=O) groups excluding carboxylic acids is 2. The van der Waals surface area contributed by atoms with Gasteiger partial charge in [-0.3, -0.25) is 0 Å². The number of rotatable bonds is 7. The Morgan fingerprint density at radius 1 is 1.05 bits per heavy atom. The van der Waals surface area contributed by atoms with Gasteiger partial charge in [0, 0.05) is 12.2 Å². The van der Waals surface area contributed by atoms with Gasteiger partial charge in [0.05, 0.1) is 6.61 Å². The number of hydrogen-bond donors (Lipinski definition) is 0. The summed E-state index contributed by atoms with van der Waals surface area (Å²) in [7, 11) is 0. The predicted molar refractivity (Wildman–Crippen MR) is 71.2 cm³/mol. The summed E-state index contributed by atoms with van der Waals surface area (Å²) in [6.07, 6.45) is 3.94. The molecule has 0 unspecified atom stereocenters. The molecule has 0 aliphatic rings. The molecule has 0 radical (unpaired) electrons. The third kappa shape index (κ3) is 7.03. The molecule has 4 nitrogen and oxygen atoms in total. The zero-order valence-corrected chi connectivity index (χ0v) is 11.0. The van der Waals surface area contributed by atoms with Crippen LogP contribution in [0.5, 0.6) is 0 Å². The molecule has 0 saturated heterocycles. The van der Waals surface area contributed by atoms with Gasteiger partial charge in [-0.15, -0.1) is 0 Å². The van der Waals surface area contributed by atoms with E-state index < -0.39 is 11.9 Å². The average molecular weight is 262 g/mol. The highest BCUT2D eigenvalue weighted by atomic mass is 16.5. The van der Waals surface area contributed by atoms with Crippen LogP contribution in [0.1, 0.15) is 25.3 Å². The Labute approximate surface area is 113 Å². The van der Waals surface area contributed by atoms with Crippen LogP contribution in [0.15, 0.2) is 42.5 Å². The van der Waals surface area contributed by atoms with Crippen molar-refractivity contribution in [3.05, 3.63) is 48.0 Å². The van der Waals surface area contributed by atoms with E-state index in [2.05, 4.69) is 0 Å². The summed E-state index contributed by atoms with van der Waals surface area (Å²) in [5.41, 5.74) is 0.898. The average Bonchev–Trinajstić information content (AvgIpc) is 2.44. The van der Waals surface area contributed by atoms with E-state index in [4.69, 9.17) is 9.47 Å². The van der Waals surface area contributed by atoms with E-state index in [9.17, 15) is 9.59 Å². The van der Waals surface area contributed by atoms with Gasteiger partial charge in [-0.1, -0.05) is 43.7 Å². The van der Waals surface area contributed by atoms with E-state index in [0.717, 1.165) is 30.6 Å². The van der Waals surface area contributed by atoms with Crippen LogP contribution in [0.3, 0.4) is 0 Å². The molecule has 1 rings (SSSR count). The van der Waals surface area contributed by atoms with Crippen LogP contribution in [0.25, 0.3) is 0 Å². The Balaban J connectivity index is 2.25. The van der Waals surface area contributed by atoms with Crippen molar-refractivity contribution in [3.63, 3.8) is 0 Å². The van der Waals surface area contributed by atoms with Crippen LogP contribution in [-0.4, -0.2) is 18.5 Å². The fourth-order valence-electron chi connectivity index (χ4n) is 1.28. The van der Waals surface area contributed by atoms with Crippen LogP contribution in [0.4, 0.5) is 0 Å². The van der Waals surface area contributed by atoms with Crippen molar-refractivity contribution in [2.45, 2.75) is 26.4 Å². The molecule has 1 aromatic carbocycles. The van der Waals surface area contributed by atoms with Gasteiger partial charge in [0.2, 0.25) is 0 Å². The molecule has 0 heterocycles. The third-order valence-corrected chi connectivity index (χ3v) is 2.32. The monoisotopic (exact) mass is 262 g/mol. The summed E-state index contributed by atoms with van der Waals surface area (Å²) in [5.74, 6) is -1.08. The molecule has 0 saturated carbocycles. The number of unbranched alkanes of at least 4 members (excludes halogenated alkanes) is 1. The van der Waals surface area contributed by atoms with Crippen molar-refractivity contribution >= 4 is 11.9 Å². The lowest BCUT2D eigenvalue weighted by molar-refractivity contribution is -0.141. The Morgan fingerprint density at radius 3 is 2.32 bits per heavy atom. The van der Waals surface area contributed by atoms with Crippen LogP contribution < -0.4 is 0 Å². The molecule has 0 aliphatic carbocycles. The Morgan fingerprint density at radius 2 is 1.68 bits per heavy atom. The minimum atomic E-state index is -0.559. The molecule has 4 heteroatoms. The number of esters is 2. The van der Waals surface area contributed by atoms with Crippen molar-refractivity contribution in [1.82, 2.24) is 0 Å². The normalized spacial score (nSPS) is 10.4. The smallest absolute Gasteiger partial charge is 0.331 e. The molecule has 0 aromatic heterocycles. The second-order valence-electron chi connectivity index (χ2n) is 3.95. The topological polar surface area (TPSA) is 52.6 Å². The van der Waals surface area contributed by atoms with Crippen molar-refractivity contribution < 1.29 is 19.1 Å². The van der Waals surface area contributed by atoms with Gasteiger partial charge in [0.1, 0.15) is 6.61 Å². The van der Waals surface area contributed by atoms with Crippen LogP contribution in [-0.2, 0) is 25.7 Å². The Hall–Kier alpha value is -2.10. The standard InChI is InChI=1S/C15H18O4/c1-2-3-11-18-14(16)9-10-15(17)19-12-13-7-5-4-6-8-13/h4-10H,2-3,11-12H2,1H3. The van der Waals surface area contributed by atoms with Gasteiger partial charge in [0.25, 0.3) is 0 Å². The molecule has 1 aromatic rings. The number of carbonyl (C=O) groups is 2. The summed E-state index contributed by atoms with van der Waals surface area (Å²) in [4.78, 5) is 22.5. The van der Waals surface area contributed by atoms with Gasteiger partial charge < -0.3 is 9.47 Å². The molecule has 0 N–H and O–H groups in total. The minimum Gasteiger partial charge on any atom is -0.463 e. The zero-order chi connectivity index (χ0) is 13.9. The molecule has 102 valence electrons. The van der Waals surface area contributed by atoms with Gasteiger partial charge in [-0.05, 0) is 12.0 Å². The number of hydrogen-bond acceptors (Lipinski definition) is 4. The first-order valence-corrected chi connectivity index (χ1v) is 6.28. The van der Waals surface area contributed by atoms with E-state index in [0.29, 0.717) is 6.61 Å². The highest BCUT2D eigenvalue weighted by Gasteiger charge is 2.01. The maximum absolute atomic E-state index is 11.3. The van der Waals surface area contributed by atoms with Crippen molar-refractivity contribution in [2.24, 2.45) is 0 Å². The maximum atomic E-state index is 11.3. The molecule has 0 spiro atoms. The minimum absolute atomic E-state index is 0.189. The molecule has 0 atom stereocenters. The molecule has 0 amide bonds. The molecular weight excluding hydrogens is 244 g/mol. The molecule has 0 fully saturated rings. The fraction of sp³-hybridized carbons (Fsp3) is 0.333. The summed E-state index contributed by atoms with van der Waals surface area (Å²) in [5, 5.41) is 0. The van der Waals surface area contributed by atoms with Crippen LogP contribution >= 0.6 is 0 Å². The predicted octanol–water partition coefficient (Wildman–Crippen LogP) is 2.63. The molecule has 19 heavy (non-hydrogen) atoms. The van der Waals surface area contributed by atoms with E-state index >= 15 is 0 Å². The first-order chi connectivity index (χ1) is 9.22. The van der Waals surface area contributed by atoms with Crippen molar-refractivity contribution in [2.75, 3.05) is 6.61 Å². The van der Waals surface area contributed by atoms with Gasteiger partial charge in [0.15, 0.2) is 0 Å². The number of benzene rings is 1. The third-order valence-electron chi connectivity index (χ3n) is 2.32. The number of ether oxygens (including phenoxy) is 2. The summed E-state index contributed by atoms with van der Waals surface area (Å²) < 4.78 is 9.83. The second-order valence-corrected chi connectivity index (χ2v) is 3.95. The lowest BCUT2D eigenvalue weighted by atomic mass is 10.2. The van der Waals surface area contributed by atoms with Crippen LogP contribution in [0.2, 0.25) is 0 Å². The van der Waals surface area contributed by atoms with E-state index in [1.54, 1.807) is 0 Å². The van der Waals surface area contributed by atoms with Crippen LogP contribution in [0, 0.1) is 0 Å². The molecule has 0 aliphatic heterocycles. The summed E-state index contributed by atoms with van der Waals surface area (Å²) >= 11 is 0. The second kappa shape index (κ2) is 8.91. The van der Waals surface area contributed by atoms with E-state index in [1.165, 1.54) is 0 Å². The van der Waals surface area contributed by atoms with Crippen molar-refractivity contribution in [1.29, 1.82) is 0 Å². The summed E-state index contributed by atoms with van der Waals surface area (Å²) in [6, 6.07) is 9.33. The van der Waals surface area contributed by atoms with E-state index in [1.807, 2.05) is 37.3 Å². The molecular formula is C15H18O4. The fourth-order valence-corrected chi connectivity index (χ4v) is 1.28. The lowest BCUT2D eigenvalue weighted by Crippen LogP contribution is -2.05. The Bertz CT molecular complexity index is 423. The van der Waals surface area contributed by atoms with Gasteiger partial charge >= 0.3 is 11.9 Å². The van der Waals surface area contributed by atoms with Gasteiger partial charge in [-0.25, -0.2) is 9.59 Å². The maximum Gasteiger partial charge on any atom is 0.331 e. The zero-order valence-electron chi connectivity index (χ0n) is 11.0. The first kappa shape index (κ1) is 15.0. The SMILES string of the molecule is CCCCOC(=O)C=CC(=O)OCc1ccccc1.